The van der Waals surface area contributed by atoms with Crippen LogP contribution in [0.25, 0.3) is 0 Å². The van der Waals surface area contributed by atoms with Crippen LogP contribution in [0, 0.1) is 6.92 Å². The predicted molar refractivity (Wildman–Crippen MR) is 89.0 cm³/mol. The number of carbonyl (C=O) groups excluding carboxylic acids is 1. The Balaban J connectivity index is 1.93. The molecule has 0 bridgehead atoms. The number of aliphatic hydroxyl groups is 1. The van der Waals surface area contributed by atoms with Crippen molar-refractivity contribution < 1.29 is 14.6 Å². The van der Waals surface area contributed by atoms with Crippen LogP contribution in [0.4, 0.5) is 10.5 Å². The average Bonchev–Trinajstić information content (AvgIpc) is 2.91. The first-order valence-electron chi connectivity index (χ1n) is 6.61. The van der Waals surface area contributed by atoms with E-state index in [9.17, 15) is 9.90 Å². The van der Waals surface area contributed by atoms with Gasteiger partial charge in [-0.15, -0.1) is 11.3 Å². The number of amides is 2. The molecule has 5 nitrogen and oxygen atoms in total. The van der Waals surface area contributed by atoms with Gasteiger partial charge in [-0.3, -0.25) is 0 Å². The number of aryl methyl sites for hydroxylation is 1. The average molecular weight is 341 g/mol. The Labute approximate surface area is 137 Å². The maximum Gasteiger partial charge on any atom is 0.319 e. The number of hydrogen-bond donors (Lipinski definition) is 3. The van der Waals surface area contributed by atoms with E-state index in [1.807, 2.05) is 18.4 Å². The second-order valence-electron chi connectivity index (χ2n) is 4.66. The number of hydrogen-bond acceptors (Lipinski definition) is 4. The number of carbonyl (C=O) groups is 1. The molecular formula is C15H17ClN2O3S. The van der Waals surface area contributed by atoms with E-state index in [-0.39, 0.29) is 6.54 Å². The standard InChI is InChI=1S/C15H17ClN2O3S/c1-9-5-6-22-14(9)12(19)8-17-15(20)18-11-7-10(16)3-4-13(11)21-2/h3-7,12,19H,8H2,1-2H3,(H2,17,18,20). The molecule has 0 saturated heterocycles. The van der Waals surface area contributed by atoms with Crippen LogP contribution in [0.1, 0.15) is 16.5 Å². The number of nitrogens with one attached hydrogen (secondary N) is 2. The lowest BCUT2D eigenvalue weighted by Gasteiger charge is -2.14. The molecule has 1 aromatic carbocycles. The smallest absolute Gasteiger partial charge is 0.319 e. The summed E-state index contributed by atoms with van der Waals surface area (Å²) in [6.45, 7) is 2.04. The summed E-state index contributed by atoms with van der Waals surface area (Å²) in [4.78, 5) is 12.8. The molecule has 1 aromatic heterocycles. The third-order valence-corrected chi connectivity index (χ3v) is 4.43. The highest BCUT2D eigenvalue weighted by Gasteiger charge is 2.14. The summed E-state index contributed by atoms with van der Waals surface area (Å²) >= 11 is 7.37. The van der Waals surface area contributed by atoms with Crippen LogP contribution in [-0.2, 0) is 0 Å². The van der Waals surface area contributed by atoms with Gasteiger partial charge in [-0.25, -0.2) is 4.79 Å². The van der Waals surface area contributed by atoms with Crippen molar-refractivity contribution >= 4 is 34.7 Å². The largest absolute Gasteiger partial charge is 0.495 e. The molecule has 2 rings (SSSR count). The minimum atomic E-state index is -0.730. The summed E-state index contributed by atoms with van der Waals surface area (Å²) in [7, 11) is 1.51. The van der Waals surface area contributed by atoms with Crippen LogP contribution in [0.2, 0.25) is 5.02 Å². The van der Waals surface area contributed by atoms with Crippen molar-refractivity contribution in [1.82, 2.24) is 5.32 Å². The molecule has 2 aromatic rings. The Hall–Kier alpha value is -1.76. The minimum absolute atomic E-state index is 0.121. The number of thiophene rings is 1. The highest BCUT2D eigenvalue weighted by Crippen LogP contribution is 2.27. The molecule has 118 valence electrons. The maximum absolute atomic E-state index is 11.9. The van der Waals surface area contributed by atoms with Crippen LogP contribution in [-0.4, -0.2) is 24.8 Å². The molecule has 1 heterocycles. The van der Waals surface area contributed by atoms with Crippen molar-refractivity contribution in [3.63, 3.8) is 0 Å². The van der Waals surface area contributed by atoms with Crippen LogP contribution in [0.3, 0.4) is 0 Å². The van der Waals surface area contributed by atoms with Gasteiger partial charge in [0.2, 0.25) is 0 Å². The number of rotatable bonds is 5. The lowest BCUT2D eigenvalue weighted by Crippen LogP contribution is -2.32. The monoisotopic (exact) mass is 340 g/mol. The van der Waals surface area contributed by atoms with Gasteiger partial charge in [0.1, 0.15) is 11.9 Å². The van der Waals surface area contributed by atoms with E-state index in [2.05, 4.69) is 10.6 Å². The van der Waals surface area contributed by atoms with Crippen LogP contribution < -0.4 is 15.4 Å². The van der Waals surface area contributed by atoms with E-state index in [4.69, 9.17) is 16.3 Å². The molecule has 0 aliphatic heterocycles. The quantitative estimate of drug-likeness (QED) is 0.779. The molecule has 1 atom stereocenters. The van der Waals surface area contributed by atoms with Gasteiger partial charge in [-0.1, -0.05) is 11.6 Å². The number of benzene rings is 1. The zero-order valence-corrected chi connectivity index (χ0v) is 13.8. The molecule has 0 aliphatic carbocycles. The van der Waals surface area contributed by atoms with Gasteiger partial charge in [0.25, 0.3) is 0 Å². The van der Waals surface area contributed by atoms with Crippen molar-refractivity contribution in [3.05, 3.63) is 45.1 Å². The van der Waals surface area contributed by atoms with Crippen molar-refractivity contribution in [3.8, 4) is 5.75 Å². The second kappa shape index (κ2) is 7.49. The zero-order valence-electron chi connectivity index (χ0n) is 12.2. The first-order chi connectivity index (χ1) is 10.5. The van der Waals surface area contributed by atoms with E-state index < -0.39 is 12.1 Å². The normalized spacial score (nSPS) is 11.8. The van der Waals surface area contributed by atoms with Gasteiger partial charge < -0.3 is 20.5 Å². The fourth-order valence-electron chi connectivity index (χ4n) is 1.95. The zero-order chi connectivity index (χ0) is 16.1. The number of aliphatic hydroxyl groups excluding tert-OH is 1. The van der Waals surface area contributed by atoms with Crippen molar-refractivity contribution in [1.29, 1.82) is 0 Å². The van der Waals surface area contributed by atoms with E-state index in [0.29, 0.717) is 16.5 Å². The fraction of sp³-hybridized carbons (Fsp3) is 0.267. The van der Waals surface area contributed by atoms with E-state index >= 15 is 0 Å². The molecule has 0 saturated carbocycles. The Morgan fingerprint density at radius 3 is 2.86 bits per heavy atom. The van der Waals surface area contributed by atoms with Gasteiger partial charge in [-0.2, -0.15) is 0 Å². The molecule has 0 fully saturated rings. The van der Waals surface area contributed by atoms with E-state index in [0.717, 1.165) is 10.4 Å². The fourth-order valence-corrected chi connectivity index (χ4v) is 3.04. The second-order valence-corrected chi connectivity index (χ2v) is 6.05. The molecule has 7 heteroatoms. The first-order valence-corrected chi connectivity index (χ1v) is 7.87. The SMILES string of the molecule is COc1ccc(Cl)cc1NC(=O)NCC(O)c1sccc1C. The molecule has 22 heavy (non-hydrogen) atoms. The third-order valence-electron chi connectivity index (χ3n) is 3.07. The Kier molecular flexibility index (Phi) is 5.65. The number of halogens is 1. The summed E-state index contributed by atoms with van der Waals surface area (Å²) in [6.07, 6.45) is -0.730. The topological polar surface area (TPSA) is 70.6 Å². The Morgan fingerprint density at radius 1 is 1.45 bits per heavy atom. The van der Waals surface area contributed by atoms with Crippen molar-refractivity contribution in [2.24, 2.45) is 0 Å². The molecule has 1 unspecified atom stereocenters. The summed E-state index contributed by atoms with van der Waals surface area (Å²) in [5, 5.41) is 17.7. The van der Waals surface area contributed by atoms with Crippen molar-refractivity contribution in [2.75, 3.05) is 19.0 Å². The van der Waals surface area contributed by atoms with Gasteiger partial charge in [0, 0.05) is 9.90 Å². The molecule has 2 amide bonds. The minimum Gasteiger partial charge on any atom is -0.495 e. The molecule has 0 radical (unpaired) electrons. The lowest BCUT2D eigenvalue weighted by atomic mass is 10.2. The van der Waals surface area contributed by atoms with Crippen LogP contribution in [0.5, 0.6) is 5.75 Å². The number of urea groups is 1. The Morgan fingerprint density at radius 2 is 2.23 bits per heavy atom. The van der Waals surface area contributed by atoms with Gasteiger partial charge in [-0.05, 0) is 42.1 Å². The van der Waals surface area contributed by atoms with Gasteiger partial charge in [0.15, 0.2) is 0 Å². The maximum atomic E-state index is 11.9. The van der Waals surface area contributed by atoms with Gasteiger partial charge >= 0.3 is 6.03 Å². The van der Waals surface area contributed by atoms with Gasteiger partial charge in [0.05, 0.1) is 19.3 Å². The summed E-state index contributed by atoms with van der Waals surface area (Å²) in [6, 6.07) is 6.43. The van der Waals surface area contributed by atoms with E-state index in [1.54, 1.807) is 18.2 Å². The molecule has 0 aliphatic rings. The van der Waals surface area contributed by atoms with Crippen LogP contribution in [0.15, 0.2) is 29.6 Å². The molecule has 0 spiro atoms. The predicted octanol–water partition coefficient (Wildman–Crippen LogP) is 3.57. The van der Waals surface area contributed by atoms with Crippen LogP contribution >= 0.6 is 22.9 Å². The lowest BCUT2D eigenvalue weighted by molar-refractivity contribution is 0.178. The van der Waals surface area contributed by atoms with Crippen molar-refractivity contribution in [2.45, 2.75) is 13.0 Å². The number of anilines is 1. The Bertz CT molecular complexity index is 660. The summed E-state index contributed by atoms with van der Waals surface area (Å²) in [5.74, 6) is 0.509. The van der Waals surface area contributed by atoms with E-state index in [1.165, 1.54) is 18.4 Å². The summed E-state index contributed by atoms with van der Waals surface area (Å²) < 4.78 is 5.15. The first kappa shape index (κ1) is 16.6. The third kappa shape index (κ3) is 4.13. The highest BCUT2D eigenvalue weighted by molar-refractivity contribution is 7.10. The highest BCUT2D eigenvalue weighted by atomic mass is 35.5. The number of methoxy groups -OCH3 is 1. The molecular weight excluding hydrogens is 324 g/mol. The molecule has 3 N–H and O–H groups in total. The summed E-state index contributed by atoms with van der Waals surface area (Å²) in [5.41, 5.74) is 1.48. The number of ether oxygens (including phenoxy) is 1.